The molecule has 0 aliphatic heterocycles. The van der Waals surface area contributed by atoms with Gasteiger partial charge in [-0.15, -0.1) is 0 Å². The van der Waals surface area contributed by atoms with E-state index >= 15 is 0 Å². The van der Waals surface area contributed by atoms with Crippen molar-refractivity contribution in [2.75, 3.05) is 25.6 Å². The predicted molar refractivity (Wildman–Crippen MR) is 76.7 cm³/mol. The molecule has 0 saturated carbocycles. The molecule has 0 aromatic carbocycles. The molecule has 1 unspecified atom stereocenters. The van der Waals surface area contributed by atoms with E-state index in [9.17, 15) is 0 Å². The summed E-state index contributed by atoms with van der Waals surface area (Å²) in [6, 6.07) is 2.03. The van der Waals surface area contributed by atoms with E-state index in [0.29, 0.717) is 31.0 Å². The summed E-state index contributed by atoms with van der Waals surface area (Å²) in [6.07, 6.45) is 0.962. The van der Waals surface area contributed by atoms with Crippen LogP contribution in [0.3, 0.4) is 0 Å². The first kappa shape index (κ1) is 15.7. The van der Waals surface area contributed by atoms with Crippen LogP contribution in [0.15, 0.2) is 6.07 Å². The third kappa shape index (κ3) is 5.42. The first-order valence-electron chi connectivity index (χ1n) is 6.80. The van der Waals surface area contributed by atoms with Crippen molar-refractivity contribution in [1.82, 2.24) is 9.97 Å². The lowest BCUT2D eigenvalue weighted by molar-refractivity contribution is 0.170. The molecule has 0 bridgehead atoms. The van der Waals surface area contributed by atoms with E-state index in [1.165, 1.54) is 0 Å². The maximum atomic E-state index is 5.56. The predicted octanol–water partition coefficient (Wildman–Crippen LogP) is 2.66. The second kappa shape index (κ2) is 7.94. The van der Waals surface area contributed by atoms with Gasteiger partial charge in [-0.2, -0.15) is 4.98 Å². The highest BCUT2D eigenvalue weighted by Crippen LogP contribution is 2.15. The number of hydrogen-bond donors (Lipinski definition) is 1. The molecule has 0 aliphatic rings. The molecule has 0 spiro atoms. The zero-order chi connectivity index (χ0) is 14.3. The van der Waals surface area contributed by atoms with Crippen molar-refractivity contribution in [2.24, 2.45) is 5.92 Å². The second-order valence-electron chi connectivity index (χ2n) is 4.97. The highest BCUT2D eigenvalue weighted by Gasteiger charge is 2.15. The molecule has 0 fully saturated rings. The van der Waals surface area contributed by atoms with Crippen LogP contribution in [0.5, 0.6) is 5.88 Å². The van der Waals surface area contributed by atoms with E-state index in [4.69, 9.17) is 9.47 Å². The lowest BCUT2D eigenvalue weighted by Crippen LogP contribution is -2.31. The zero-order valence-electron chi connectivity index (χ0n) is 12.6. The van der Waals surface area contributed by atoms with Crippen LogP contribution in [0, 0.1) is 12.8 Å². The summed E-state index contributed by atoms with van der Waals surface area (Å²) >= 11 is 0. The summed E-state index contributed by atoms with van der Waals surface area (Å²) in [6.45, 7) is 9.58. The molecule has 0 aliphatic carbocycles. The third-order valence-electron chi connectivity index (χ3n) is 2.75. The molecule has 19 heavy (non-hydrogen) atoms. The number of ether oxygens (including phenoxy) is 2. The van der Waals surface area contributed by atoms with Crippen LogP contribution in [0.1, 0.15) is 32.9 Å². The fourth-order valence-corrected chi connectivity index (χ4v) is 1.63. The molecule has 108 valence electrons. The number of hydrogen-bond acceptors (Lipinski definition) is 5. The summed E-state index contributed by atoms with van der Waals surface area (Å²) < 4.78 is 10.8. The number of aromatic nitrogens is 2. The van der Waals surface area contributed by atoms with Crippen molar-refractivity contribution in [3.8, 4) is 5.88 Å². The smallest absolute Gasteiger partial charge is 0.226 e. The lowest BCUT2D eigenvalue weighted by Gasteiger charge is -2.21. The molecule has 1 heterocycles. The molecule has 0 radical (unpaired) electrons. The minimum atomic E-state index is 0.186. The van der Waals surface area contributed by atoms with Crippen molar-refractivity contribution in [2.45, 2.75) is 40.2 Å². The molecular weight excluding hydrogens is 242 g/mol. The lowest BCUT2D eigenvalue weighted by atomic mass is 10.1. The van der Waals surface area contributed by atoms with Gasteiger partial charge in [0, 0.05) is 18.9 Å². The average molecular weight is 267 g/mol. The van der Waals surface area contributed by atoms with E-state index < -0.39 is 0 Å². The van der Waals surface area contributed by atoms with Crippen LogP contribution >= 0.6 is 0 Å². The average Bonchev–Trinajstić information content (AvgIpc) is 2.35. The number of methoxy groups -OCH3 is 1. The molecule has 1 N–H and O–H groups in total. The highest BCUT2D eigenvalue weighted by atomic mass is 16.5. The monoisotopic (exact) mass is 267 g/mol. The number of nitrogens with one attached hydrogen (secondary N) is 1. The summed E-state index contributed by atoms with van der Waals surface area (Å²) in [7, 11) is 1.70. The first-order chi connectivity index (χ1) is 9.06. The maximum absolute atomic E-state index is 5.56. The van der Waals surface area contributed by atoms with Crippen LogP contribution in [-0.2, 0) is 4.74 Å². The minimum absolute atomic E-state index is 0.186. The van der Waals surface area contributed by atoms with Crippen LogP contribution in [-0.4, -0.2) is 36.3 Å². The van der Waals surface area contributed by atoms with Gasteiger partial charge in [-0.25, -0.2) is 4.98 Å². The van der Waals surface area contributed by atoms with E-state index in [-0.39, 0.29) is 6.04 Å². The van der Waals surface area contributed by atoms with Gasteiger partial charge >= 0.3 is 0 Å². The van der Waals surface area contributed by atoms with Gasteiger partial charge < -0.3 is 14.8 Å². The molecule has 0 saturated heterocycles. The van der Waals surface area contributed by atoms with Gasteiger partial charge in [0.25, 0.3) is 0 Å². The van der Waals surface area contributed by atoms with Crippen molar-refractivity contribution < 1.29 is 9.47 Å². The molecule has 5 nitrogen and oxygen atoms in total. The molecule has 5 heteroatoms. The molecule has 1 rings (SSSR count). The second-order valence-corrected chi connectivity index (χ2v) is 4.97. The number of rotatable bonds is 8. The van der Waals surface area contributed by atoms with Crippen LogP contribution in [0.4, 0.5) is 5.95 Å². The summed E-state index contributed by atoms with van der Waals surface area (Å²) in [5.74, 6) is 1.66. The molecular formula is C14H25N3O2. The zero-order valence-corrected chi connectivity index (χ0v) is 12.6. The van der Waals surface area contributed by atoms with E-state index in [2.05, 4.69) is 36.1 Å². The Kier molecular flexibility index (Phi) is 6.56. The summed E-state index contributed by atoms with van der Waals surface area (Å²) in [4.78, 5) is 8.76. The van der Waals surface area contributed by atoms with Crippen LogP contribution in [0.2, 0.25) is 0 Å². The minimum Gasteiger partial charge on any atom is -0.478 e. The topological polar surface area (TPSA) is 56.3 Å². The summed E-state index contributed by atoms with van der Waals surface area (Å²) in [5.41, 5.74) is 0.892. The van der Waals surface area contributed by atoms with Gasteiger partial charge in [0.2, 0.25) is 11.8 Å². The van der Waals surface area contributed by atoms with E-state index in [1.54, 1.807) is 7.11 Å². The fraction of sp³-hybridized carbons (Fsp3) is 0.714. The molecule has 0 amide bonds. The van der Waals surface area contributed by atoms with Crippen molar-refractivity contribution >= 4 is 5.95 Å². The van der Waals surface area contributed by atoms with Crippen molar-refractivity contribution in [3.05, 3.63) is 11.8 Å². The Balaban J connectivity index is 2.78. The van der Waals surface area contributed by atoms with Crippen LogP contribution < -0.4 is 10.1 Å². The SMILES string of the molecule is CCCOc1cc(C)nc(NC(COC)C(C)C)n1. The van der Waals surface area contributed by atoms with Gasteiger partial charge in [-0.05, 0) is 19.3 Å². The Morgan fingerprint density at radius 3 is 2.63 bits per heavy atom. The molecule has 1 atom stereocenters. The van der Waals surface area contributed by atoms with E-state index in [0.717, 1.165) is 12.1 Å². The van der Waals surface area contributed by atoms with Gasteiger partial charge in [0.05, 0.1) is 19.3 Å². The summed E-state index contributed by atoms with van der Waals surface area (Å²) in [5, 5.41) is 3.31. The molecule has 1 aromatic rings. The number of aryl methyl sites for hydroxylation is 1. The fourth-order valence-electron chi connectivity index (χ4n) is 1.63. The largest absolute Gasteiger partial charge is 0.478 e. The normalized spacial score (nSPS) is 12.5. The Bertz CT molecular complexity index is 383. The van der Waals surface area contributed by atoms with Crippen LogP contribution in [0.25, 0.3) is 0 Å². The third-order valence-corrected chi connectivity index (χ3v) is 2.75. The van der Waals surface area contributed by atoms with Gasteiger partial charge in [0.1, 0.15) is 0 Å². The van der Waals surface area contributed by atoms with Gasteiger partial charge in [-0.3, -0.25) is 0 Å². The van der Waals surface area contributed by atoms with Gasteiger partial charge in [-0.1, -0.05) is 20.8 Å². The van der Waals surface area contributed by atoms with Crippen molar-refractivity contribution in [3.63, 3.8) is 0 Å². The Hall–Kier alpha value is -1.36. The highest BCUT2D eigenvalue weighted by molar-refractivity contribution is 5.32. The standard InChI is InChI=1S/C14H25N3O2/c1-6-7-19-13-8-11(4)15-14(17-13)16-12(9-18-5)10(2)3/h8,10,12H,6-7,9H2,1-5H3,(H,15,16,17). The Morgan fingerprint density at radius 2 is 2.05 bits per heavy atom. The maximum Gasteiger partial charge on any atom is 0.226 e. The number of nitrogens with zero attached hydrogens (tertiary/aromatic N) is 2. The van der Waals surface area contributed by atoms with Gasteiger partial charge in [0.15, 0.2) is 0 Å². The first-order valence-corrected chi connectivity index (χ1v) is 6.80. The Labute approximate surface area is 115 Å². The van der Waals surface area contributed by atoms with E-state index in [1.807, 2.05) is 13.0 Å². The quantitative estimate of drug-likeness (QED) is 0.784. The number of anilines is 1. The Morgan fingerprint density at radius 1 is 1.32 bits per heavy atom. The molecule has 1 aromatic heterocycles. The van der Waals surface area contributed by atoms with Crippen molar-refractivity contribution in [1.29, 1.82) is 0 Å².